The Balaban J connectivity index is 1.86. The summed E-state index contributed by atoms with van der Waals surface area (Å²) in [7, 11) is 6.12. The first-order valence-corrected chi connectivity index (χ1v) is 10.3. The van der Waals surface area contributed by atoms with Gasteiger partial charge in [-0.25, -0.2) is 4.79 Å². The lowest BCUT2D eigenvalue weighted by Crippen LogP contribution is -2.38. The molecular formula is C24H33N2O4+. The third-order valence-corrected chi connectivity index (χ3v) is 4.45. The molecule has 0 bridgehead atoms. The van der Waals surface area contributed by atoms with E-state index in [1.165, 1.54) is 0 Å². The van der Waals surface area contributed by atoms with Crippen molar-refractivity contribution in [3.05, 3.63) is 59.7 Å². The molecule has 0 radical (unpaired) electrons. The summed E-state index contributed by atoms with van der Waals surface area (Å²) < 4.78 is 11.7. The molecule has 0 fully saturated rings. The lowest BCUT2D eigenvalue weighted by atomic mass is 10.1. The monoisotopic (exact) mass is 413 g/mol. The smallest absolute Gasteiger partial charge is 0.338 e. The number of nitrogens with one attached hydrogen (secondary N) is 1. The molecule has 0 saturated heterocycles. The van der Waals surface area contributed by atoms with Gasteiger partial charge in [0, 0.05) is 11.3 Å². The Morgan fingerprint density at radius 1 is 0.900 bits per heavy atom. The Kier molecular flexibility index (Phi) is 8.42. The molecule has 0 aliphatic rings. The summed E-state index contributed by atoms with van der Waals surface area (Å²) >= 11 is 0. The van der Waals surface area contributed by atoms with Gasteiger partial charge in [0.05, 0.1) is 33.3 Å². The molecule has 0 saturated carbocycles. The van der Waals surface area contributed by atoms with Crippen LogP contribution < -0.4 is 10.1 Å². The molecule has 0 aliphatic carbocycles. The number of nitrogens with zero attached hydrogens (tertiary/aromatic N) is 1. The minimum absolute atomic E-state index is 0.220. The van der Waals surface area contributed by atoms with Crippen LogP contribution in [-0.4, -0.2) is 57.3 Å². The lowest BCUT2D eigenvalue weighted by molar-refractivity contribution is -0.870. The molecule has 6 heteroatoms. The average molecular weight is 414 g/mol. The van der Waals surface area contributed by atoms with E-state index in [2.05, 4.69) is 19.2 Å². The van der Waals surface area contributed by atoms with E-state index < -0.39 is 0 Å². The van der Waals surface area contributed by atoms with Crippen LogP contribution >= 0.6 is 0 Å². The Labute approximate surface area is 179 Å². The first-order chi connectivity index (χ1) is 14.1. The number of hydrogen-bond donors (Lipinski definition) is 1. The maximum Gasteiger partial charge on any atom is 0.338 e. The Bertz CT molecular complexity index is 822. The molecule has 2 aromatic carbocycles. The first kappa shape index (κ1) is 23.4. The van der Waals surface area contributed by atoms with E-state index in [1.54, 1.807) is 48.5 Å². The molecule has 2 aromatic rings. The topological polar surface area (TPSA) is 64.6 Å². The van der Waals surface area contributed by atoms with Gasteiger partial charge < -0.3 is 19.3 Å². The summed E-state index contributed by atoms with van der Waals surface area (Å²) in [6, 6.07) is 13.7. The maximum absolute atomic E-state index is 12.4. The summed E-state index contributed by atoms with van der Waals surface area (Å²) in [6.07, 6.45) is 0.988. The van der Waals surface area contributed by atoms with Gasteiger partial charge in [-0.2, -0.15) is 0 Å². The molecule has 1 N–H and O–H groups in total. The highest BCUT2D eigenvalue weighted by molar-refractivity contribution is 6.04. The fourth-order valence-corrected chi connectivity index (χ4v) is 2.50. The van der Waals surface area contributed by atoms with Gasteiger partial charge in [-0.3, -0.25) is 4.79 Å². The summed E-state index contributed by atoms with van der Waals surface area (Å²) in [4.78, 5) is 24.5. The molecule has 6 nitrogen and oxygen atoms in total. The van der Waals surface area contributed by atoms with Crippen LogP contribution in [0.4, 0.5) is 5.69 Å². The van der Waals surface area contributed by atoms with Crippen molar-refractivity contribution < 1.29 is 23.5 Å². The Hall–Kier alpha value is -2.86. The number of ether oxygens (including phenoxy) is 2. The zero-order valence-corrected chi connectivity index (χ0v) is 18.6. The number of amides is 1. The number of esters is 1. The zero-order valence-electron chi connectivity index (χ0n) is 18.6. The number of likely N-dealkylation sites (N-methyl/N-ethyl adjacent to an activating group) is 1. The second kappa shape index (κ2) is 10.8. The number of quaternary nitrogens is 1. The standard InChI is InChI=1S/C24H32N2O4/c1-18(2)14-16-29-22-12-8-19(9-13-22)23(27)25-21-10-6-20(7-11-21)24(28)30-17-15-26(3,4)5/h6-13,18H,14-17H2,1-5H3/p+1. The van der Waals surface area contributed by atoms with Gasteiger partial charge in [0.25, 0.3) is 5.91 Å². The SMILES string of the molecule is CC(C)CCOc1ccc(C(=O)Nc2ccc(C(=O)OCC[N+](C)(C)C)cc2)cc1. The fourth-order valence-electron chi connectivity index (χ4n) is 2.50. The molecule has 0 atom stereocenters. The molecule has 1 amide bonds. The van der Waals surface area contributed by atoms with Gasteiger partial charge in [0.1, 0.15) is 18.9 Å². The van der Waals surface area contributed by atoms with E-state index in [0.29, 0.717) is 35.9 Å². The molecule has 0 spiro atoms. The van der Waals surface area contributed by atoms with Crippen molar-refractivity contribution in [2.45, 2.75) is 20.3 Å². The largest absolute Gasteiger partial charge is 0.494 e. The molecule has 2 rings (SSSR count). The van der Waals surface area contributed by atoms with E-state index in [4.69, 9.17) is 9.47 Å². The van der Waals surface area contributed by atoms with Gasteiger partial charge in [0.15, 0.2) is 0 Å². The predicted molar refractivity (Wildman–Crippen MR) is 119 cm³/mol. The minimum Gasteiger partial charge on any atom is -0.494 e. The van der Waals surface area contributed by atoms with Crippen molar-refractivity contribution in [1.82, 2.24) is 0 Å². The van der Waals surface area contributed by atoms with Gasteiger partial charge in [0.2, 0.25) is 0 Å². The molecule has 30 heavy (non-hydrogen) atoms. The van der Waals surface area contributed by atoms with E-state index in [0.717, 1.165) is 23.2 Å². The van der Waals surface area contributed by atoms with Crippen LogP contribution in [0.25, 0.3) is 0 Å². The first-order valence-electron chi connectivity index (χ1n) is 10.3. The summed E-state index contributed by atoms with van der Waals surface area (Å²) in [5.74, 6) is 0.753. The van der Waals surface area contributed by atoms with Gasteiger partial charge in [-0.1, -0.05) is 13.8 Å². The number of carbonyl (C=O) groups is 2. The second-order valence-corrected chi connectivity index (χ2v) is 8.74. The summed E-state index contributed by atoms with van der Waals surface area (Å²) in [6.45, 7) is 6.06. The second-order valence-electron chi connectivity index (χ2n) is 8.74. The van der Waals surface area contributed by atoms with E-state index in [-0.39, 0.29) is 11.9 Å². The van der Waals surface area contributed by atoms with Crippen LogP contribution in [0.15, 0.2) is 48.5 Å². The normalized spacial score (nSPS) is 11.3. The Morgan fingerprint density at radius 2 is 1.50 bits per heavy atom. The number of carbonyl (C=O) groups excluding carboxylic acids is 2. The van der Waals surface area contributed by atoms with Gasteiger partial charge in [-0.15, -0.1) is 0 Å². The summed E-state index contributed by atoms with van der Waals surface area (Å²) in [5, 5.41) is 2.83. The van der Waals surface area contributed by atoms with Gasteiger partial charge >= 0.3 is 5.97 Å². The van der Waals surface area contributed by atoms with Crippen molar-refractivity contribution in [2.75, 3.05) is 46.2 Å². The van der Waals surface area contributed by atoms with Crippen LogP contribution in [-0.2, 0) is 4.74 Å². The van der Waals surface area contributed by atoms with Crippen LogP contribution in [0.3, 0.4) is 0 Å². The third kappa shape index (κ3) is 8.25. The molecular weight excluding hydrogens is 380 g/mol. The average Bonchev–Trinajstić information content (AvgIpc) is 2.67. The van der Waals surface area contributed by atoms with Crippen LogP contribution in [0.2, 0.25) is 0 Å². The van der Waals surface area contributed by atoms with Crippen LogP contribution in [0, 0.1) is 5.92 Å². The summed E-state index contributed by atoms with van der Waals surface area (Å²) in [5.41, 5.74) is 1.60. The van der Waals surface area contributed by atoms with Crippen LogP contribution in [0.1, 0.15) is 41.0 Å². The zero-order chi connectivity index (χ0) is 22.1. The minimum atomic E-state index is -0.366. The predicted octanol–water partition coefficient (Wildman–Crippen LogP) is 4.23. The van der Waals surface area contributed by atoms with Crippen molar-refractivity contribution in [2.24, 2.45) is 5.92 Å². The third-order valence-electron chi connectivity index (χ3n) is 4.45. The molecule has 0 heterocycles. The number of hydrogen-bond acceptors (Lipinski definition) is 4. The Morgan fingerprint density at radius 3 is 2.07 bits per heavy atom. The molecule has 0 aliphatic heterocycles. The molecule has 0 unspecified atom stereocenters. The molecule has 162 valence electrons. The molecule has 0 aromatic heterocycles. The van der Waals surface area contributed by atoms with Crippen molar-refractivity contribution in [1.29, 1.82) is 0 Å². The highest BCUT2D eigenvalue weighted by atomic mass is 16.5. The van der Waals surface area contributed by atoms with E-state index in [1.807, 2.05) is 21.1 Å². The number of benzene rings is 2. The van der Waals surface area contributed by atoms with Gasteiger partial charge in [-0.05, 0) is 60.9 Å². The quantitative estimate of drug-likeness (QED) is 0.468. The fraction of sp³-hybridized carbons (Fsp3) is 0.417. The number of anilines is 1. The maximum atomic E-state index is 12.4. The van der Waals surface area contributed by atoms with E-state index in [9.17, 15) is 9.59 Å². The van der Waals surface area contributed by atoms with E-state index >= 15 is 0 Å². The lowest BCUT2D eigenvalue weighted by Gasteiger charge is -2.23. The highest BCUT2D eigenvalue weighted by Crippen LogP contribution is 2.16. The van der Waals surface area contributed by atoms with Crippen molar-refractivity contribution >= 4 is 17.6 Å². The number of rotatable bonds is 10. The highest BCUT2D eigenvalue weighted by Gasteiger charge is 2.12. The van der Waals surface area contributed by atoms with Crippen LogP contribution in [0.5, 0.6) is 5.75 Å². The van der Waals surface area contributed by atoms with Crippen molar-refractivity contribution in [3.8, 4) is 5.75 Å². The van der Waals surface area contributed by atoms with Crippen molar-refractivity contribution in [3.63, 3.8) is 0 Å².